The number of H-pyrrole nitrogens is 1. The zero-order valence-corrected chi connectivity index (χ0v) is 17.2. The van der Waals surface area contributed by atoms with Crippen molar-refractivity contribution in [1.29, 1.82) is 0 Å². The minimum atomic E-state index is 0.0336. The summed E-state index contributed by atoms with van der Waals surface area (Å²) >= 11 is 0. The fourth-order valence-corrected chi connectivity index (χ4v) is 4.73. The van der Waals surface area contributed by atoms with Crippen LogP contribution in [0.2, 0.25) is 0 Å². The molecule has 0 aromatic carbocycles. The largest absolute Gasteiger partial charge is 0.383 e. The molecular formula is C21H36N4O2. The second kappa shape index (κ2) is 9.69. The highest BCUT2D eigenvalue weighted by Gasteiger charge is 2.35. The number of carbonyl (C=O) groups excluding carboxylic acids is 1. The molecule has 0 unspecified atom stereocenters. The number of methoxy groups -OCH3 is 1. The van der Waals surface area contributed by atoms with Crippen molar-refractivity contribution in [2.24, 2.45) is 11.8 Å². The van der Waals surface area contributed by atoms with Gasteiger partial charge in [-0.3, -0.25) is 9.89 Å². The van der Waals surface area contributed by atoms with Gasteiger partial charge < -0.3 is 14.5 Å². The smallest absolute Gasteiger partial charge is 0.274 e. The molecule has 1 amide bonds. The third-order valence-electron chi connectivity index (χ3n) is 6.01. The van der Waals surface area contributed by atoms with Gasteiger partial charge in [0.1, 0.15) is 5.69 Å². The number of carbonyl (C=O) groups is 1. The Morgan fingerprint density at radius 1 is 1.33 bits per heavy atom. The molecule has 0 saturated carbocycles. The first-order chi connectivity index (χ1) is 13.1. The van der Waals surface area contributed by atoms with Crippen LogP contribution in [0, 0.1) is 11.8 Å². The van der Waals surface area contributed by atoms with Gasteiger partial charge in [-0.25, -0.2) is 0 Å². The van der Waals surface area contributed by atoms with Crippen LogP contribution in [0.25, 0.3) is 0 Å². The van der Waals surface area contributed by atoms with E-state index >= 15 is 0 Å². The van der Waals surface area contributed by atoms with E-state index in [-0.39, 0.29) is 5.91 Å². The standard InChI is InChI=1S/C21H36N4O2/c1-16(2)13-18-14-19(23-22-18)21(26)25(11-12-27-3)15-17-7-6-10-24-9-5-4-8-20(17)24/h14,16-17,20H,4-13,15H2,1-3H3,(H,22,23)/t17-,20-/m0/s1. The van der Waals surface area contributed by atoms with Crippen LogP contribution < -0.4 is 0 Å². The van der Waals surface area contributed by atoms with Gasteiger partial charge in [0, 0.05) is 31.9 Å². The Balaban J connectivity index is 1.68. The lowest BCUT2D eigenvalue weighted by Gasteiger charge is -2.45. The summed E-state index contributed by atoms with van der Waals surface area (Å²) in [5.74, 6) is 1.14. The highest BCUT2D eigenvalue weighted by Crippen LogP contribution is 2.31. The van der Waals surface area contributed by atoms with Crippen LogP contribution in [-0.4, -0.2) is 71.8 Å². The molecule has 1 aromatic rings. The van der Waals surface area contributed by atoms with Gasteiger partial charge in [0.25, 0.3) is 5.91 Å². The van der Waals surface area contributed by atoms with Crippen molar-refractivity contribution in [3.63, 3.8) is 0 Å². The third-order valence-corrected chi connectivity index (χ3v) is 6.01. The van der Waals surface area contributed by atoms with Crippen molar-refractivity contribution < 1.29 is 9.53 Å². The number of hydrogen-bond donors (Lipinski definition) is 1. The number of aromatic nitrogens is 2. The number of fused-ring (bicyclic) bond motifs is 1. The number of amides is 1. The van der Waals surface area contributed by atoms with Crippen molar-refractivity contribution in [2.75, 3.05) is 39.9 Å². The minimum absolute atomic E-state index is 0.0336. The lowest BCUT2D eigenvalue weighted by atomic mass is 9.83. The Morgan fingerprint density at radius 3 is 2.93 bits per heavy atom. The molecule has 6 heteroatoms. The second-order valence-electron chi connectivity index (χ2n) is 8.62. The predicted octanol–water partition coefficient (Wildman–Crippen LogP) is 2.96. The Labute approximate surface area is 163 Å². The van der Waals surface area contributed by atoms with E-state index in [1.165, 1.54) is 45.2 Å². The normalized spacial score (nSPS) is 23.4. The van der Waals surface area contributed by atoms with E-state index in [1.54, 1.807) is 7.11 Å². The number of nitrogens with zero attached hydrogens (tertiary/aromatic N) is 3. The molecule has 0 spiro atoms. The van der Waals surface area contributed by atoms with Crippen LogP contribution in [0.15, 0.2) is 6.07 Å². The van der Waals surface area contributed by atoms with Crippen LogP contribution in [0.5, 0.6) is 0 Å². The average Bonchev–Trinajstić information content (AvgIpc) is 3.12. The Bertz CT molecular complexity index is 599. The maximum Gasteiger partial charge on any atom is 0.274 e. The molecule has 1 aromatic heterocycles. The monoisotopic (exact) mass is 376 g/mol. The van der Waals surface area contributed by atoms with Gasteiger partial charge in [-0.05, 0) is 63.1 Å². The summed E-state index contributed by atoms with van der Waals surface area (Å²) < 4.78 is 5.28. The molecule has 0 aliphatic carbocycles. The molecule has 2 fully saturated rings. The van der Waals surface area contributed by atoms with Crippen LogP contribution in [0.4, 0.5) is 0 Å². The first kappa shape index (κ1) is 20.3. The lowest BCUT2D eigenvalue weighted by Crippen LogP contribution is -2.52. The SMILES string of the molecule is COCCN(C[C@@H]1CCCN2CCCC[C@@H]12)C(=O)c1cc(CC(C)C)[nH]n1. The van der Waals surface area contributed by atoms with Gasteiger partial charge in [0.15, 0.2) is 0 Å². The summed E-state index contributed by atoms with van der Waals surface area (Å²) in [5.41, 5.74) is 1.58. The van der Waals surface area contributed by atoms with Crippen molar-refractivity contribution in [1.82, 2.24) is 20.0 Å². The Morgan fingerprint density at radius 2 is 2.15 bits per heavy atom. The molecular weight excluding hydrogens is 340 g/mol. The van der Waals surface area contributed by atoms with Gasteiger partial charge in [-0.2, -0.15) is 5.10 Å². The summed E-state index contributed by atoms with van der Waals surface area (Å²) in [6.07, 6.45) is 7.30. The predicted molar refractivity (Wildman–Crippen MR) is 107 cm³/mol. The fourth-order valence-electron chi connectivity index (χ4n) is 4.73. The van der Waals surface area contributed by atoms with E-state index in [4.69, 9.17) is 4.74 Å². The van der Waals surface area contributed by atoms with Gasteiger partial charge in [0.2, 0.25) is 0 Å². The van der Waals surface area contributed by atoms with E-state index in [1.807, 2.05) is 11.0 Å². The lowest BCUT2D eigenvalue weighted by molar-refractivity contribution is 0.0313. The average molecular weight is 377 g/mol. The van der Waals surface area contributed by atoms with Crippen LogP contribution in [0.3, 0.4) is 0 Å². The van der Waals surface area contributed by atoms with Crippen molar-refractivity contribution in [3.05, 3.63) is 17.5 Å². The highest BCUT2D eigenvalue weighted by molar-refractivity contribution is 5.92. The molecule has 2 atom stereocenters. The van der Waals surface area contributed by atoms with E-state index in [2.05, 4.69) is 28.9 Å². The number of rotatable bonds is 8. The van der Waals surface area contributed by atoms with Crippen molar-refractivity contribution in [3.8, 4) is 0 Å². The van der Waals surface area contributed by atoms with Gasteiger partial charge >= 0.3 is 0 Å². The maximum atomic E-state index is 13.2. The third kappa shape index (κ3) is 5.32. The van der Waals surface area contributed by atoms with Crippen LogP contribution in [0.1, 0.15) is 62.1 Å². The first-order valence-electron chi connectivity index (χ1n) is 10.6. The van der Waals surface area contributed by atoms with Gasteiger partial charge in [-0.1, -0.05) is 20.3 Å². The molecule has 3 rings (SSSR count). The number of ether oxygens (including phenoxy) is 1. The molecule has 2 aliphatic heterocycles. The summed E-state index contributed by atoms with van der Waals surface area (Å²) in [6, 6.07) is 2.57. The van der Waals surface area contributed by atoms with E-state index in [0.717, 1.165) is 18.7 Å². The zero-order chi connectivity index (χ0) is 19.2. The number of piperidine rings is 2. The minimum Gasteiger partial charge on any atom is -0.383 e. The van der Waals surface area contributed by atoms with E-state index in [9.17, 15) is 4.79 Å². The summed E-state index contributed by atoms with van der Waals surface area (Å²) in [6.45, 7) is 8.81. The molecule has 2 saturated heterocycles. The molecule has 2 aliphatic rings. The molecule has 152 valence electrons. The first-order valence-corrected chi connectivity index (χ1v) is 10.6. The van der Waals surface area contributed by atoms with Gasteiger partial charge in [0.05, 0.1) is 6.61 Å². The maximum absolute atomic E-state index is 13.2. The van der Waals surface area contributed by atoms with Crippen LogP contribution in [-0.2, 0) is 11.2 Å². The summed E-state index contributed by atoms with van der Waals surface area (Å²) in [5, 5.41) is 7.35. The molecule has 0 bridgehead atoms. The molecule has 1 N–H and O–H groups in total. The molecule has 0 radical (unpaired) electrons. The highest BCUT2D eigenvalue weighted by atomic mass is 16.5. The fraction of sp³-hybridized carbons (Fsp3) is 0.810. The summed E-state index contributed by atoms with van der Waals surface area (Å²) in [7, 11) is 1.70. The van der Waals surface area contributed by atoms with Crippen molar-refractivity contribution in [2.45, 2.75) is 58.4 Å². The number of aromatic amines is 1. The Hall–Kier alpha value is -1.40. The quantitative estimate of drug-likeness (QED) is 0.758. The van der Waals surface area contributed by atoms with Crippen molar-refractivity contribution >= 4 is 5.91 Å². The number of nitrogens with one attached hydrogen (secondary N) is 1. The zero-order valence-electron chi connectivity index (χ0n) is 17.2. The topological polar surface area (TPSA) is 61.5 Å². The molecule has 27 heavy (non-hydrogen) atoms. The van der Waals surface area contributed by atoms with Crippen LogP contribution >= 0.6 is 0 Å². The molecule has 3 heterocycles. The second-order valence-corrected chi connectivity index (χ2v) is 8.62. The molecule has 6 nitrogen and oxygen atoms in total. The number of hydrogen-bond acceptors (Lipinski definition) is 4. The summed E-state index contributed by atoms with van der Waals surface area (Å²) in [4.78, 5) is 17.8. The van der Waals surface area contributed by atoms with E-state index in [0.29, 0.717) is 36.7 Å². The van der Waals surface area contributed by atoms with E-state index < -0.39 is 0 Å². The van der Waals surface area contributed by atoms with Gasteiger partial charge in [-0.15, -0.1) is 0 Å². The Kier molecular flexibility index (Phi) is 7.30.